The van der Waals surface area contributed by atoms with Crippen molar-refractivity contribution >= 4 is 16.7 Å². The molecule has 1 aliphatic rings. The highest BCUT2D eigenvalue weighted by Gasteiger charge is 2.20. The smallest absolute Gasteiger partial charge is 0.255 e. The molecule has 0 aliphatic carbocycles. The van der Waals surface area contributed by atoms with E-state index in [0.29, 0.717) is 18.7 Å². The molecular weight excluding hydrogens is 374 g/mol. The molecule has 0 N–H and O–H groups in total. The van der Waals surface area contributed by atoms with Crippen LogP contribution in [0.3, 0.4) is 0 Å². The van der Waals surface area contributed by atoms with Crippen molar-refractivity contribution in [3.63, 3.8) is 0 Å². The summed E-state index contributed by atoms with van der Waals surface area (Å²) in [5, 5.41) is 2.03. The van der Waals surface area contributed by atoms with E-state index in [1.54, 1.807) is 0 Å². The van der Waals surface area contributed by atoms with Crippen molar-refractivity contribution in [1.82, 2.24) is 4.90 Å². The van der Waals surface area contributed by atoms with Gasteiger partial charge in [-0.2, -0.15) is 0 Å². The number of hydrogen-bond donors (Lipinski definition) is 0. The third-order valence-corrected chi connectivity index (χ3v) is 5.33. The van der Waals surface area contributed by atoms with Gasteiger partial charge in [0.1, 0.15) is 0 Å². The first-order valence-electron chi connectivity index (χ1n) is 9.97. The van der Waals surface area contributed by atoms with Crippen molar-refractivity contribution in [2.24, 2.45) is 0 Å². The van der Waals surface area contributed by atoms with E-state index in [0.717, 1.165) is 33.4 Å². The van der Waals surface area contributed by atoms with Crippen LogP contribution in [-0.4, -0.2) is 17.6 Å². The lowest BCUT2D eigenvalue weighted by Gasteiger charge is -2.24. The van der Waals surface area contributed by atoms with Gasteiger partial charge in [0.15, 0.2) is 11.5 Å². The summed E-state index contributed by atoms with van der Waals surface area (Å²) in [6.07, 6.45) is 0. The van der Waals surface area contributed by atoms with E-state index in [2.05, 4.69) is 0 Å². The maximum Gasteiger partial charge on any atom is 0.255 e. The highest BCUT2D eigenvalue weighted by atomic mass is 16.7. The topological polar surface area (TPSA) is 38.8 Å². The second-order valence-electron chi connectivity index (χ2n) is 7.36. The maximum atomic E-state index is 13.7. The molecule has 0 aromatic heterocycles. The van der Waals surface area contributed by atoms with E-state index in [1.165, 1.54) is 0 Å². The molecule has 148 valence electrons. The Kier molecular flexibility index (Phi) is 4.81. The quantitative estimate of drug-likeness (QED) is 0.453. The molecule has 0 atom stereocenters. The number of nitrogens with zero attached hydrogens (tertiary/aromatic N) is 1. The molecule has 4 aromatic carbocycles. The average Bonchev–Trinajstić information content (AvgIpc) is 3.26. The largest absolute Gasteiger partial charge is 0.454 e. The summed E-state index contributed by atoms with van der Waals surface area (Å²) in [6.45, 7) is 1.24. The van der Waals surface area contributed by atoms with Crippen molar-refractivity contribution < 1.29 is 14.3 Å². The number of benzene rings is 4. The molecule has 4 heteroatoms. The number of rotatable bonds is 5. The Morgan fingerprint density at radius 2 is 1.47 bits per heavy atom. The number of carbonyl (C=O) groups excluding carboxylic acids is 1. The second-order valence-corrected chi connectivity index (χ2v) is 7.36. The molecule has 4 nitrogen and oxygen atoms in total. The molecule has 1 heterocycles. The zero-order valence-electron chi connectivity index (χ0n) is 16.5. The minimum Gasteiger partial charge on any atom is -0.454 e. The van der Waals surface area contributed by atoms with Gasteiger partial charge in [-0.25, -0.2) is 0 Å². The van der Waals surface area contributed by atoms with Crippen molar-refractivity contribution in [3.05, 3.63) is 108 Å². The maximum absolute atomic E-state index is 13.7. The molecule has 1 aliphatic heterocycles. The summed E-state index contributed by atoms with van der Waals surface area (Å²) in [7, 11) is 0. The van der Waals surface area contributed by atoms with E-state index in [4.69, 9.17) is 9.47 Å². The van der Waals surface area contributed by atoms with E-state index >= 15 is 0 Å². The van der Waals surface area contributed by atoms with Crippen LogP contribution in [0.5, 0.6) is 11.5 Å². The second kappa shape index (κ2) is 7.91. The molecule has 0 bridgehead atoms. The van der Waals surface area contributed by atoms with Crippen LogP contribution in [0.1, 0.15) is 21.5 Å². The summed E-state index contributed by atoms with van der Waals surface area (Å²) < 4.78 is 10.9. The van der Waals surface area contributed by atoms with Gasteiger partial charge in [0.2, 0.25) is 6.79 Å². The van der Waals surface area contributed by atoms with Crippen LogP contribution in [0.4, 0.5) is 0 Å². The molecule has 0 spiro atoms. The molecule has 5 rings (SSSR count). The molecule has 1 amide bonds. The predicted molar refractivity (Wildman–Crippen MR) is 117 cm³/mol. The zero-order chi connectivity index (χ0) is 20.3. The van der Waals surface area contributed by atoms with E-state index < -0.39 is 0 Å². The average molecular weight is 395 g/mol. The monoisotopic (exact) mass is 395 g/mol. The minimum atomic E-state index is 0.00770. The SMILES string of the molecule is O=C(c1cccc2ccccc12)N(Cc1ccccc1)Cc1ccc2c(c1)OCO2. The van der Waals surface area contributed by atoms with Crippen LogP contribution in [0.15, 0.2) is 91.0 Å². The fraction of sp³-hybridized carbons (Fsp3) is 0.115. The lowest BCUT2D eigenvalue weighted by molar-refractivity contribution is 0.0732. The third kappa shape index (κ3) is 3.60. The van der Waals surface area contributed by atoms with Gasteiger partial charge in [0.05, 0.1) is 0 Å². The summed E-state index contributed by atoms with van der Waals surface area (Å²) in [5.41, 5.74) is 2.81. The van der Waals surface area contributed by atoms with Crippen LogP contribution in [0, 0.1) is 0 Å². The van der Waals surface area contributed by atoms with Gasteiger partial charge >= 0.3 is 0 Å². The van der Waals surface area contributed by atoms with E-state index in [-0.39, 0.29) is 12.7 Å². The molecule has 0 fully saturated rings. The van der Waals surface area contributed by atoms with Gasteiger partial charge in [-0.15, -0.1) is 0 Å². The number of fused-ring (bicyclic) bond motifs is 2. The molecule has 0 unspecified atom stereocenters. The number of amides is 1. The molecule has 0 saturated heterocycles. The molecule has 30 heavy (non-hydrogen) atoms. The van der Waals surface area contributed by atoms with Crippen LogP contribution in [0.25, 0.3) is 10.8 Å². The van der Waals surface area contributed by atoms with Gasteiger partial charge in [0.25, 0.3) is 5.91 Å². The van der Waals surface area contributed by atoms with Gasteiger partial charge in [-0.3, -0.25) is 4.79 Å². The molecule has 0 radical (unpaired) electrons. The first kappa shape index (κ1) is 18.3. The summed E-state index contributed by atoms with van der Waals surface area (Å²) in [6, 6.07) is 29.8. The van der Waals surface area contributed by atoms with Crippen LogP contribution in [0.2, 0.25) is 0 Å². The van der Waals surface area contributed by atoms with Crippen LogP contribution in [-0.2, 0) is 13.1 Å². The highest BCUT2D eigenvalue weighted by molar-refractivity contribution is 6.07. The van der Waals surface area contributed by atoms with Gasteiger partial charge in [-0.05, 0) is 40.1 Å². The minimum absolute atomic E-state index is 0.00770. The summed E-state index contributed by atoms with van der Waals surface area (Å²) in [4.78, 5) is 15.6. The van der Waals surface area contributed by atoms with Gasteiger partial charge in [0, 0.05) is 18.7 Å². The number of ether oxygens (including phenoxy) is 2. The fourth-order valence-corrected chi connectivity index (χ4v) is 3.85. The Labute approximate surface area is 175 Å². The summed E-state index contributed by atoms with van der Waals surface area (Å²) in [5.74, 6) is 1.48. The van der Waals surface area contributed by atoms with Crippen molar-refractivity contribution in [3.8, 4) is 11.5 Å². The predicted octanol–water partition coefficient (Wildman–Crippen LogP) is 5.41. The third-order valence-electron chi connectivity index (χ3n) is 5.33. The van der Waals surface area contributed by atoms with E-state index in [9.17, 15) is 4.79 Å². The van der Waals surface area contributed by atoms with Gasteiger partial charge < -0.3 is 14.4 Å². The molecule has 4 aromatic rings. The summed E-state index contributed by atoms with van der Waals surface area (Å²) >= 11 is 0. The Bertz CT molecular complexity index is 1200. The standard InChI is InChI=1S/C26H21NO3/c28-26(23-12-6-10-21-9-4-5-11-22(21)23)27(16-19-7-2-1-3-8-19)17-20-13-14-24-25(15-20)30-18-29-24/h1-15H,16-18H2. The van der Waals surface area contributed by atoms with E-state index in [1.807, 2.05) is 95.9 Å². The highest BCUT2D eigenvalue weighted by Crippen LogP contribution is 2.33. The number of hydrogen-bond acceptors (Lipinski definition) is 3. The number of carbonyl (C=O) groups is 1. The van der Waals surface area contributed by atoms with Crippen molar-refractivity contribution in [1.29, 1.82) is 0 Å². The Morgan fingerprint density at radius 1 is 0.733 bits per heavy atom. The van der Waals surface area contributed by atoms with Crippen LogP contribution < -0.4 is 9.47 Å². The Balaban J connectivity index is 1.51. The first-order chi connectivity index (χ1) is 14.8. The zero-order valence-corrected chi connectivity index (χ0v) is 16.5. The molecular formula is C26H21NO3. The fourth-order valence-electron chi connectivity index (χ4n) is 3.85. The lowest BCUT2D eigenvalue weighted by Crippen LogP contribution is -2.30. The Morgan fingerprint density at radius 3 is 2.37 bits per heavy atom. The van der Waals surface area contributed by atoms with Crippen molar-refractivity contribution in [2.75, 3.05) is 6.79 Å². The first-order valence-corrected chi connectivity index (χ1v) is 9.97. The molecule has 0 saturated carbocycles. The Hall–Kier alpha value is -3.79. The van der Waals surface area contributed by atoms with Crippen LogP contribution >= 0.6 is 0 Å². The van der Waals surface area contributed by atoms with Gasteiger partial charge in [-0.1, -0.05) is 72.8 Å². The van der Waals surface area contributed by atoms with Crippen molar-refractivity contribution in [2.45, 2.75) is 13.1 Å². The normalized spacial score (nSPS) is 12.1. The lowest BCUT2D eigenvalue weighted by atomic mass is 10.0.